The third-order valence-electron chi connectivity index (χ3n) is 3.42. The molecule has 26 heavy (non-hydrogen) atoms. The van der Waals surface area contributed by atoms with Crippen molar-refractivity contribution in [1.82, 2.24) is 5.32 Å². The van der Waals surface area contributed by atoms with Gasteiger partial charge in [-0.25, -0.2) is 9.59 Å². The van der Waals surface area contributed by atoms with Gasteiger partial charge in [-0.1, -0.05) is 6.07 Å². The van der Waals surface area contributed by atoms with E-state index in [4.69, 9.17) is 14.2 Å². The maximum absolute atomic E-state index is 11.9. The van der Waals surface area contributed by atoms with Gasteiger partial charge in [0.05, 0.1) is 14.2 Å². The van der Waals surface area contributed by atoms with Crippen molar-refractivity contribution < 1.29 is 23.8 Å². The van der Waals surface area contributed by atoms with Gasteiger partial charge in [-0.2, -0.15) is 0 Å². The first kappa shape index (κ1) is 19.8. The molecule has 0 fully saturated rings. The van der Waals surface area contributed by atoms with Crippen LogP contribution in [0.25, 0.3) is 11.1 Å². The number of alkyl carbamates (subject to hydrolysis) is 1. The minimum Gasteiger partial charge on any atom is -0.496 e. The third kappa shape index (κ3) is 5.23. The van der Waals surface area contributed by atoms with Crippen molar-refractivity contribution in [3.63, 3.8) is 0 Å². The Balaban J connectivity index is 2.19. The van der Waals surface area contributed by atoms with E-state index in [2.05, 4.69) is 5.32 Å². The van der Waals surface area contributed by atoms with Gasteiger partial charge in [0.2, 0.25) is 0 Å². The summed E-state index contributed by atoms with van der Waals surface area (Å²) in [7, 11) is 2.93. The van der Waals surface area contributed by atoms with Crippen molar-refractivity contribution in [3.8, 4) is 16.9 Å². The van der Waals surface area contributed by atoms with Gasteiger partial charge in [0.25, 0.3) is 0 Å². The second-order valence-electron chi connectivity index (χ2n) is 6.57. The van der Waals surface area contributed by atoms with Crippen molar-refractivity contribution >= 4 is 23.4 Å². The Morgan fingerprint density at radius 3 is 2.46 bits per heavy atom. The molecule has 1 aromatic heterocycles. The van der Waals surface area contributed by atoms with E-state index >= 15 is 0 Å². The Hall–Kier alpha value is -2.54. The van der Waals surface area contributed by atoms with E-state index in [1.165, 1.54) is 18.4 Å². The molecule has 0 spiro atoms. The first-order valence-electron chi connectivity index (χ1n) is 8.04. The number of benzene rings is 1. The molecular formula is C19H23NO5S. The van der Waals surface area contributed by atoms with Crippen LogP contribution in [0.1, 0.15) is 36.0 Å². The molecule has 0 bridgehead atoms. The van der Waals surface area contributed by atoms with Gasteiger partial charge in [-0.15, -0.1) is 11.3 Å². The lowest BCUT2D eigenvalue weighted by Gasteiger charge is -2.20. The van der Waals surface area contributed by atoms with Crippen LogP contribution in [0.3, 0.4) is 0 Å². The number of nitrogens with one attached hydrogen (secondary N) is 1. The number of hydrogen-bond donors (Lipinski definition) is 1. The molecule has 1 N–H and O–H groups in total. The molecule has 1 aromatic carbocycles. The monoisotopic (exact) mass is 377 g/mol. The molecule has 0 unspecified atom stereocenters. The van der Waals surface area contributed by atoms with Gasteiger partial charge in [0.15, 0.2) is 0 Å². The van der Waals surface area contributed by atoms with Crippen LogP contribution in [-0.4, -0.2) is 31.9 Å². The summed E-state index contributed by atoms with van der Waals surface area (Å²) in [6, 6.07) is 7.43. The summed E-state index contributed by atoms with van der Waals surface area (Å²) in [5.74, 6) is 0.301. The Morgan fingerprint density at radius 1 is 1.12 bits per heavy atom. The van der Waals surface area contributed by atoms with Crippen molar-refractivity contribution in [2.75, 3.05) is 14.2 Å². The van der Waals surface area contributed by atoms with Crippen molar-refractivity contribution in [2.45, 2.75) is 32.9 Å². The van der Waals surface area contributed by atoms with Crippen LogP contribution < -0.4 is 10.1 Å². The Kier molecular flexibility index (Phi) is 6.26. The molecule has 2 rings (SSSR count). The van der Waals surface area contributed by atoms with E-state index in [0.29, 0.717) is 10.6 Å². The molecule has 0 aliphatic rings. The fourth-order valence-electron chi connectivity index (χ4n) is 2.27. The van der Waals surface area contributed by atoms with Crippen LogP contribution in [0.4, 0.5) is 4.79 Å². The zero-order chi connectivity index (χ0) is 19.3. The number of hydrogen-bond acceptors (Lipinski definition) is 6. The predicted octanol–water partition coefficient (Wildman–Crippen LogP) is 4.24. The van der Waals surface area contributed by atoms with Gasteiger partial charge >= 0.3 is 12.1 Å². The molecule has 6 nitrogen and oxygen atoms in total. The van der Waals surface area contributed by atoms with Crippen LogP contribution in [0, 0.1) is 0 Å². The van der Waals surface area contributed by atoms with Gasteiger partial charge in [-0.3, -0.25) is 0 Å². The quantitative estimate of drug-likeness (QED) is 0.789. The van der Waals surface area contributed by atoms with Gasteiger partial charge in [0, 0.05) is 12.1 Å². The van der Waals surface area contributed by atoms with Crippen molar-refractivity contribution in [1.29, 1.82) is 0 Å². The highest BCUT2D eigenvalue weighted by Crippen LogP contribution is 2.30. The fourth-order valence-corrected chi connectivity index (χ4v) is 3.11. The molecule has 1 amide bonds. The second kappa shape index (κ2) is 8.23. The third-order valence-corrected chi connectivity index (χ3v) is 4.33. The lowest BCUT2D eigenvalue weighted by Crippen LogP contribution is -2.32. The van der Waals surface area contributed by atoms with Crippen LogP contribution in [0.5, 0.6) is 5.75 Å². The SMILES string of the molecule is COC(=O)c1cc(-c2ccc(OC)c(CNC(=O)OC(C)(C)C)c2)cs1. The molecule has 0 saturated heterocycles. The summed E-state index contributed by atoms with van der Waals surface area (Å²) in [4.78, 5) is 24.0. The molecule has 1 heterocycles. The zero-order valence-electron chi connectivity index (χ0n) is 15.5. The highest BCUT2D eigenvalue weighted by Gasteiger charge is 2.17. The average Bonchev–Trinajstić information content (AvgIpc) is 3.07. The average molecular weight is 377 g/mol. The Bertz CT molecular complexity index is 791. The van der Waals surface area contributed by atoms with E-state index in [1.54, 1.807) is 13.2 Å². The summed E-state index contributed by atoms with van der Waals surface area (Å²) in [6.07, 6.45) is -0.492. The lowest BCUT2D eigenvalue weighted by molar-refractivity contribution is 0.0522. The maximum atomic E-state index is 11.9. The van der Waals surface area contributed by atoms with Crippen molar-refractivity contribution in [2.24, 2.45) is 0 Å². The number of ether oxygens (including phenoxy) is 3. The highest BCUT2D eigenvalue weighted by molar-refractivity contribution is 7.12. The molecule has 2 aromatic rings. The van der Waals surface area contributed by atoms with Crippen LogP contribution >= 0.6 is 11.3 Å². The molecule has 0 radical (unpaired) electrons. The van der Waals surface area contributed by atoms with E-state index in [-0.39, 0.29) is 12.5 Å². The van der Waals surface area contributed by atoms with Gasteiger partial charge in [-0.05, 0) is 55.5 Å². The molecule has 0 aliphatic carbocycles. The molecule has 7 heteroatoms. The maximum Gasteiger partial charge on any atom is 0.407 e. The zero-order valence-corrected chi connectivity index (χ0v) is 16.4. The highest BCUT2D eigenvalue weighted by atomic mass is 32.1. The Labute approximate surface area is 157 Å². The summed E-state index contributed by atoms with van der Waals surface area (Å²) >= 11 is 1.32. The van der Waals surface area contributed by atoms with Crippen LogP contribution in [0.2, 0.25) is 0 Å². The number of amides is 1. The largest absolute Gasteiger partial charge is 0.496 e. The number of carbonyl (C=O) groups is 2. The Morgan fingerprint density at radius 2 is 1.85 bits per heavy atom. The number of methoxy groups -OCH3 is 2. The molecule has 0 atom stereocenters. The van der Waals surface area contributed by atoms with Crippen molar-refractivity contribution in [3.05, 3.63) is 40.1 Å². The molecule has 140 valence electrons. The number of carbonyl (C=O) groups excluding carboxylic acids is 2. The summed E-state index contributed by atoms with van der Waals surface area (Å²) in [5.41, 5.74) is 2.06. The second-order valence-corrected chi connectivity index (χ2v) is 7.48. The summed E-state index contributed by atoms with van der Waals surface area (Å²) < 4.78 is 15.4. The minimum atomic E-state index is -0.559. The van der Waals surface area contributed by atoms with Crippen LogP contribution in [-0.2, 0) is 16.0 Å². The normalized spacial score (nSPS) is 11.0. The first-order chi connectivity index (χ1) is 12.2. The standard InChI is InChI=1S/C19H23NO5S/c1-19(2,3)25-18(22)20-10-13-8-12(6-7-15(13)23-4)14-9-16(26-11-14)17(21)24-5/h6-9,11H,10H2,1-5H3,(H,20,22). The van der Waals surface area contributed by atoms with E-state index < -0.39 is 11.7 Å². The predicted molar refractivity (Wildman–Crippen MR) is 101 cm³/mol. The number of rotatable bonds is 5. The van der Waals surface area contributed by atoms with Crippen LogP contribution in [0.15, 0.2) is 29.6 Å². The smallest absolute Gasteiger partial charge is 0.407 e. The van der Waals surface area contributed by atoms with E-state index in [9.17, 15) is 9.59 Å². The minimum absolute atomic E-state index is 0.264. The molecule has 0 aliphatic heterocycles. The van der Waals surface area contributed by atoms with E-state index in [0.717, 1.165) is 16.7 Å². The summed E-state index contributed by atoms with van der Waals surface area (Å²) in [5, 5.41) is 4.62. The number of esters is 1. The lowest BCUT2D eigenvalue weighted by atomic mass is 10.0. The molecule has 0 saturated carbocycles. The summed E-state index contributed by atoms with van der Waals surface area (Å²) in [6.45, 7) is 5.69. The van der Waals surface area contributed by atoms with Gasteiger partial charge < -0.3 is 19.5 Å². The fraction of sp³-hybridized carbons (Fsp3) is 0.368. The first-order valence-corrected chi connectivity index (χ1v) is 8.92. The van der Waals surface area contributed by atoms with Gasteiger partial charge in [0.1, 0.15) is 16.2 Å². The number of thiophene rings is 1. The molecular weight excluding hydrogens is 354 g/mol. The topological polar surface area (TPSA) is 73.9 Å². The van der Waals surface area contributed by atoms with E-state index in [1.807, 2.05) is 44.4 Å².